The molecule has 0 radical (unpaired) electrons. The minimum Gasteiger partial charge on any atom is -0.314 e. The largest absolute Gasteiger partial charge is 0.314 e. The predicted octanol–water partition coefficient (Wildman–Crippen LogP) is 4.00. The van der Waals surface area contributed by atoms with Crippen molar-refractivity contribution in [1.29, 1.82) is 0 Å². The highest BCUT2D eigenvalue weighted by Gasteiger charge is 2.04. The first kappa shape index (κ1) is 14.5. The van der Waals surface area contributed by atoms with E-state index in [4.69, 9.17) is 11.6 Å². The van der Waals surface area contributed by atoms with E-state index in [-0.39, 0.29) is 5.38 Å². The second kappa shape index (κ2) is 8.54. The lowest BCUT2D eigenvalue weighted by Gasteiger charge is -2.14. The van der Waals surface area contributed by atoms with Gasteiger partial charge >= 0.3 is 0 Å². The summed E-state index contributed by atoms with van der Waals surface area (Å²) in [6.45, 7) is 5.35. The summed E-state index contributed by atoms with van der Waals surface area (Å²) in [6.07, 6.45) is 4.71. The zero-order valence-corrected chi connectivity index (χ0v) is 11.7. The van der Waals surface area contributed by atoms with Gasteiger partial charge in [-0.2, -0.15) is 0 Å². The first-order chi connectivity index (χ1) is 8.18. The van der Waals surface area contributed by atoms with Crippen molar-refractivity contribution in [3.63, 3.8) is 0 Å². The van der Waals surface area contributed by atoms with Crippen molar-refractivity contribution in [3.05, 3.63) is 35.9 Å². The number of aryl methyl sites for hydroxylation is 1. The number of halogens is 1. The fourth-order valence-electron chi connectivity index (χ4n) is 2.02. The van der Waals surface area contributed by atoms with Crippen LogP contribution in [0.15, 0.2) is 30.3 Å². The van der Waals surface area contributed by atoms with Crippen molar-refractivity contribution in [3.8, 4) is 0 Å². The van der Waals surface area contributed by atoms with Crippen LogP contribution in [-0.4, -0.2) is 18.0 Å². The highest BCUT2D eigenvalue weighted by Crippen LogP contribution is 2.06. The second-order valence-corrected chi connectivity index (χ2v) is 5.56. The lowest BCUT2D eigenvalue weighted by atomic mass is 10.1. The quantitative estimate of drug-likeness (QED) is 0.545. The molecule has 0 spiro atoms. The molecule has 1 aromatic rings. The fraction of sp³-hybridized carbons (Fsp3) is 0.600. The SMILES string of the molecule is CC(Cl)CC(C)NCCCCc1ccccc1. The summed E-state index contributed by atoms with van der Waals surface area (Å²) in [5.41, 5.74) is 1.44. The van der Waals surface area contributed by atoms with Crippen LogP contribution in [0, 0.1) is 0 Å². The van der Waals surface area contributed by atoms with Crippen LogP contribution in [0.3, 0.4) is 0 Å². The average molecular weight is 254 g/mol. The van der Waals surface area contributed by atoms with Gasteiger partial charge in [0.05, 0.1) is 0 Å². The molecule has 0 bridgehead atoms. The van der Waals surface area contributed by atoms with E-state index in [0.29, 0.717) is 6.04 Å². The van der Waals surface area contributed by atoms with Gasteiger partial charge < -0.3 is 5.32 Å². The molecule has 17 heavy (non-hydrogen) atoms. The fourth-order valence-corrected chi connectivity index (χ4v) is 2.29. The van der Waals surface area contributed by atoms with Gasteiger partial charge in [0, 0.05) is 11.4 Å². The Balaban J connectivity index is 2.01. The molecule has 0 fully saturated rings. The maximum atomic E-state index is 5.95. The van der Waals surface area contributed by atoms with E-state index < -0.39 is 0 Å². The summed E-state index contributed by atoms with van der Waals surface area (Å²) in [5, 5.41) is 3.78. The standard InChI is InChI=1S/C15H24ClN/c1-13(16)12-14(2)17-11-7-6-10-15-8-4-3-5-9-15/h3-5,8-9,13-14,17H,6-7,10-12H2,1-2H3. The molecular weight excluding hydrogens is 230 g/mol. The summed E-state index contributed by atoms with van der Waals surface area (Å²) in [7, 11) is 0. The lowest BCUT2D eigenvalue weighted by molar-refractivity contribution is 0.498. The third-order valence-electron chi connectivity index (χ3n) is 2.91. The number of benzene rings is 1. The van der Waals surface area contributed by atoms with Crippen molar-refractivity contribution in [2.75, 3.05) is 6.54 Å². The zero-order chi connectivity index (χ0) is 12.5. The van der Waals surface area contributed by atoms with Gasteiger partial charge in [-0.25, -0.2) is 0 Å². The van der Waals surface area contributed by atoms with Crippen molar-refractivity contribution in [2.24, 2.45) is 0 Å². The molecular formula is C15H24ClN. The number of rotatable bonds is 8. The highest BCUT2D eigenvalue weighted by atomic mass is 35.5. The minimum absolute atomic E-state index is 0.266. The van der Waals surface area contributed by atoms with E-state index in [9.17, 15) is 0 Å². The van der Waals surface area contributed by atoms with Crippen LogP contribution in [0.25, 0.3) is 0 Å². The third-order valence-corrected chi connectivity index (χ3v) is 3.08. The Morgan fingerprint density at radius 1 is 1.12 bits per heavy atom. The second-order valence-electron chi connectivity index (χ2n) is 4.81. The molecule has 1 N–H and O–H groups in total. The number of nitrogens with one attached hydrogen (secondary N) is 1. The monoisotopic (exact) mass is 253 g/mol. The molecule has 0 aliphatic heterocycles. The molecule has 2 heteroatoms. The van der Waals surface area contributed by atoms with Crippen LogP contribution in [0.4, 0.5) is 0 Å². The summed E-state index contributed by atoms with van der Waals surface area (Å²) in [5.74, 6) is 0. The number of hydrogen-bond donors (Lipinski definition) is 1. The Morgan fingerprint density at radius 3 is 2.47 bits per heavy atom. The van der Waals surface area contributed by atoms with Gasteiger partial charge in [-0.3, -0.25) is 0 Å². The molecule has 0 amide bonds. The molecule has 96 valence electrons. The molecule has 0 saturated carbocycles. The number of hydrogen-bond acceptors (Lipinski definition) is 1. The molecule has 2 unspecified atom stereocenters. The van der Waals surface area contributed by atoms with Gasteiger partial charge in [0.1, 0.15) is 0 Å². The van der Waals surface area contributed by atoms with Crippen LogP contribution >= 0.6 is 11.6 Å². The van der Waals surface area contributed by atoms with E-state index in [1.54, 1.807) is 0 Å². The van der Waals surface area contributed by atoms with Gasteiger partial charge in [0.15, 0.2) is 0 Å². The Bertz CT molecular complexity index is 284. The average Bonchev–Trinajstić information content (AvgIpc) is 2.29. The van der Waals surface area contributed by atoms with Gasteiger partial charge in [-0.1, -0.05) is 30.3 Å². The maximum Gasteiger partial charge on any atom is 0.0322 e. The predicted molar refractivity (Wildman–Crippen MR) is 76.8 cm³/mol. The van der Waals surface area contributed by atoms with Crippen molar-refractivity contribution in [2.45, 2.75) is 50.9 Å². The Kier molecular flexibility index (Phi) is 7.30. The topological polar surface area (TPSA) is 12.0 Å². The van der Waals surface area contributed by atoms with Gasteiger partial charge in [0.25, 0.3) is 0 Å². The molecule has 0 aliphatic carbocycles. The normalized spacial score (nSPS) is 14.5. The summed E-state index contributed by atoms with van der Waals surface area (Å²) in [6, 6.07) is 11.2. The number of alkyl halides is 1. The van der Waals surface area contributed by atoms with Crippen LogP contribution in [0.5, 0.6) is 0 Å². The molecule has 0 aromatic heterocycles. The van der Waals surface area contributed by atoms with Gasteiger partial charge in [-0.15, -0.1) is 11.6 Å². The molecule has 1 nitrogen and oxygen atoms in total. The molecule has 1 aromatic carbocycles. The molecule has 1 rings (SSSR count). The van der Waals surface area contributed by atoms with Crippen LogP contribution in [0.1, 0.15) is 38.7 Å². The van der Waals surface area contributed by atoms with Crippen molar-refractivity contribution >= 4 is 11.6 Å². The number of unbranched alkanes of at least 4 members (excludes halogenated alkanes) is 1. The maximum absolute atomic E-state index is 5.95. The van der Waals surface area contributed by atoms with Crippen LogP contribution in [0.2, 0.25) is 0 Å². The molecule has 2 atom stereocenters. The molecule has 0 heterocycles. The Hall–Kier alpha value is -0.530. The van der Waals surface area contributed by atoms with Gasteiger partial charge in [-0.05, 0) is 51.6 Å². The van der Waals surface area contributed by atoms with E-state index in [0.717, 1.165) is 13.0 Å². The minimum atomic E-state index is 0.266. The summed E-state index contributed by atoms with van der Waals surface area (Å²) in [4.78, 5) is 0. The molecule has 0 saturated heterocycles. The van der Waals surface area contributed by atoms with Crippen LogP contribution in [-0.2, 0) is 6.42 Å². The Morgan fingerprint density at radius 2 is 1.82 bits per heavy atom. The summed E-state index contributed by atoms with van der Waals surface area (Å²) < 4.78 is 0. The summed E-state index contributed by atoms with van der Waals surface area (Å²) >= 11 is 5.95. The highest BCUT2D eigenvalue weighted by molar-refractivity contribution is 6.20. The van der Waals surface area contributed by atoms with E-state index in [1.807, 2.05) is 0 Å². The van der Waals surface area contributed by atoms with E-state index in [2.05, 4.69) is 49.5 Å². The Labute approximate surface area is 111 Å². The lowest BCUT2D eigenvalue weighted by Crippen LogP contribution is -2.28. The van der Waals surface area contributed by atoms with Crippen molar-refractivity contribution in [1.82, 2.24) is 5.32 Å². The van der Waals surface area contributed by atoms with E-state index >= 15 is 0 Å². The zero-order valence-electron chi connectivity index (χ0n) is 11.0. The molecule has 0 aliphatic rings. The first-order valence-corrected chi connectivity index (χ1v) is 7.03. The van der Waals surface area contributed by atoms with Crippen molar-refractivity contribution < 1.29 is 0 Å². The third kappa shape index (κ3) is 7.40. The van der Waals surface area contributed by atoms with Gasteiger partial charge in [0.2, 0.25) is 0 Å². The smallest absolute Gasteiger partial charge is 0.0322 e. The van der Waals surface area contributed by atoms with Crippen LogP contribution < -0.4 is 5.32 Å². The first-order valence-electron chi connectivity index (χ1n) is 6.60. The van der Waals surface area contributed by atoms with E-state index in [1.165, 1.54) is 24.8 Å².